The Kier molecular flexibility index (Phi) is 3.69. The molecule has 0 spiro atoms. The Labute approximate surface area is 144 Å². The van der Waals surface area contributed by atoms with Crippen LogP contribution in [0.1, 0.15) is 31.7 Å². The van der Waals surface area contributed by atoms with Crippen molar-refractivity contribution >= 4 is 27.7 Å². The van der Waals surface area contributed by atoms with Crippen LogP contribution in [0.5, 0.6) is 5.88 Å². The minimum absolute atomic E-state index is 0.340. The Morgan fingerprint density at radius 1 is 1.16 bits per heavy atom. The van der Waals surface area contributed by atoms with E-state index in [9.17, 15) is 5.26 Å². The lowest BCUT2D eigenvalue weighted by Crippen LogP contribution is -2.05. The maximum absolute atomic E-state index is 9.47. The number of aromatic nitrogens is 4. The average molecular weight is 331 g/mol. The summed E-state index contributed by atoms with van der Waals surface area (Å²) in [4.78, 5) is 14.0. The van der Waals surface area contributed by atoms with Crippen LogP contribution in [0.15, 0.2) is 30.3 Å². The molecule has 0 aliphatic heterocycles. The number of imidazole rings is 1. The molecule has 124 valence electrons. The minimum atomic E-state index is 0.340. The molecule has 6 nitrogen and oxygen atoms in total. The first kappa shape index (κ1) is 15.3. The van der Waals surface area contributed by atoms with Gasteiger partial charge in [0.1, 0.15) is 17.5 Å². The molecule has 0 fully saturated rings. The molecule has 0 saturated heterocycles. The molecule has 4 aromatic rings. The Bertz CT molecular complexity index is 1140. The lowest BCUT2D eigenvalue weighted by Gasteiger charge is -2.10. The summed E-state index contributed by atoms with van der Waals surface area (Å²) in [5.41, 5.74) is 3.64. The largest absolute Gasteiger partial charge is 0.477 e. The van der Waals surface area contributed by atoms with Gasteiger partial charge in [0.2, 0.25) is 5.88 Å². The Balaban J connectivity index is 2.10. The van der Waals surface area contributed by atoms with Gasteiger partial charge < -0.3 is 4.74 Å². The molecule has 0 unspecified atom stereocenters. The molecular weight excluding hydrogens is 314 g/mol. The van der Waals surface area contributed by atoms with Gasteiger partial charge in [0.05, 0.1) is 23.0 Å². The number of rotatable bonds is 4. The topological polar surface area (TPSA) is 76.1 Å². The molecule has 0 aliphatic carbocycles. The third kappa shape index (κ3) is 2.36. The van der Waals surface area contributed by atoms with Crippen LogP contribution in [-0.2, 0) is 6.42 Å². The highest BCUT2D eigenvalue weighted by atomic mass is 16.5. The van der Waals surface area contributed by atoms with Gasteiger partial charge in [-0.05, 0) is 24.6 Å². The number of hydrogen-bond acceptors (Lipinski definition) is 5. The highest BCUT2D eigenvalue weighted by Crippen LogP contribution is 2.27. The van der Waals surface area contributed by atoms with Gasteiger partial charge in [0, 0.05) is 6.42 Å². The molecule has 3 heterocycles. The number of aryl methyl sites for hydroxylation is 1. The molecule has 0 N–H and O–H groups in total. The molecule has 0 radical (unpaired) electrons. The van der Waals surface area contributed by atoms with Crippen LogP contribution >= 0.6 is 0 Å². The van der Waals surface area contributed by atoms with Crippen LogP contribution in [-0.4, -0.2) is 26.0 Å². The zero-order valence-electron chi connectivity index (χ0n) is 14.2. The van der Waals surface area contributed by atoms with Gasteiger partial charge in [-0.3, -0.25) is 4.40 Å². The Morgan fingerprint density at radius 3 is 2.76 bits per heavy atom. The lowest BCUT2D eigenvalue weighted by atomic mass is 10.2. The minimum Gasteiger partial charge on any atom is -0.477 e. The molecule has 4 rings (SSSR count). The van der Waals surface area contributed by atoms with Gasteiger partial charge in [-0.1, -0.05) is 26.0 Å². The summed E-state index contributed by atoms with van der Waals surface area (Å²) in [5.74, 6) is 1.22. The first-order chi connectivity index (χ1) is 12.3. The van der Waals surface area contributed by atoms with E-state index in [1.165, 1.54) is 0 Å². The van der Waals surface area contributed by atoms with Gasteiger partial charge >= 0.3 is 0 Å². The van der Waals surface area contributed by atoms with Gasteiger partial charge in [0.25, 0.3) is 0 Å². The molecule has 3 aromatic heterocycles. The summed E-state index contributed by atoms with van der Waals surface area (Å²) in [5, 5.41) is 10.2. The van der Waals surface area contributed by atoms with Crippen molar-refractivity contribution in [2.75, 3.05) is 6.61 Å². The number of pyridine rings is 1. The normalized spacial score (nSPS) is 11.2. The number of nitrogens with zero attached hydrogens (tertiary/aromatic N) is 5. The molecule has 1 aromatic carbocycles. The van der Waals surface area contributed by atoms with Crippen molar-refractivity contribution in [1.82, 2.24) is 19.4 Å². The number of ether oxygens (including phenoxy) is 1. The summed E-state index contributed by atoms with van der Waals surface area (Å²) >= 11 is 0. The molecular formula is C19H17N5O. The van der Waals surface area contributed by atoms with Crippen LogP contribution < -0.4 is 4.74 Å². The fraction of sp³-hybridized carbons (Fsp3) is 0.263. The van der Waals surface area contributed by atoms with Crippen LogP contribution in [0.2, 0.25) is 0 Å². The van der Waals surface area contributed by atoms with Crippen molar-refractivity contribution in [2.24, 2.45) is 0 Å². The number of nitriles is 1. The van der Waals surface area contributed by atoms with Crippen LogP contribution in [0.25, 0.3) is 27.7 Å². The van der Waals surface area contributed by atoms with Crippen molar-refractivity contribution in [2.45, 2.75) is 26.7 Å². The first-order valence-electron chi connectivity index (χ1n) is 8.40. The van der Waals surface area contributed by atoms with Crippen molar-refractivity contribution in [3.63, 3.8) is 0 Å². The van der Waals surface area contributed by atoms with Crippen molar-refractivity contribution in [3.8, 4) is 11.9 Å². The van der Waals surface area contributed by atoms with E-state index in [2.05, 4.69) is 18.0 Å². The summed E-state index contributed by atoms with van der Waals surface area (Å²) in [7, 11) is 0. The summed E-state index contributed by atoms with van der Waals surface area (Å²) < 4.78 is 7.68. The number of fused-ring (bicyclic) bond motifs is 5. The van der Waals surface area contributed by atoms with E-state index < -0.39 is 0 Å². The second-order valence-electron chi connectivity index (χ2n) is 5.81. The van der Waals surface area contributed by atoms with E-state index in [1.807, 2.05) is 35.6 Å². The first-order valence-corrected chi connectivity index (χ1v) is 8.40. The van der Waals surface area contributed by atoms with Crippen molar-refractivity contribution in [3.05, 3.63) is 41.7 Å². The average Bonchev–Trinajstić information content (AvgIpc) is 3.04. The fourth-order valence-electron chi connectivity index (χ4n) is 3.00. The van der Waals surface area contributed by atoms with Crippen LogP contribution in [0.4, 0.5) is 0 Å². The summed E-state index contributed by atoms with van der Waals surface area (Å²) in [6, 6.07) is 11.9. The third-order valence-corrected chi connectivity index (χ3v) is 4.14. The lowest BCUT2D eigenvalue weighted by molar-refractivity contribution is 0.305. The van der Waals surface area contributed by atoms with Crippen LogP contribution in [0, 0.1) is 11.3 Å². The second-order valence-corrected chi connectivity index (χ2v) is 5.81. The van der Waals surface area contributed by atoms with Crippen molar-refractivity contribution < 1.29 is 4.74 Å². The number of hydrogen-bond donors (Lipinski definition) is 0. The highest BCUT2D eigenvalue weighted by molar-refractivity contribution is 5.95. The van der Waals surface area contributed by atoms with Gasteiger partial charge in [-0.15, -0.1) is 0 Å². The standard InChI is InChI=1S/C19H17N5O/c1-3-9-25-19-12(11-20)10-13-17(23-19)22-16(4-2)24-15-8-6-5-7-14(15)21-18(13)24/h5-8,10H,3-4,9H2,1-2H3. The molecule has 0 amide bonds. The maximum atomic E-state index is 9.47. The van der Waals surface area contributed by atoms with E-state index >= 15 is 0 Å². The molecule has 0 saturated carbocycles. The Hall–Kier alpha value is -3.20. The predicted molar refractivity (Wildman–Crippen MR) is 95.7 cm³/mol. The van der Waals surface area contributed by atoms with E-state index in [-0.39, 0.29) is 0 Å². The maximum Gasteiger partial charge on any atom is 0.233 e. The molecule has 0 atom stereocenters. The fourth-order valence-corrected chi connectivity index (χ4v) is 3.00. The summed E-state index contributed by atoms with van der Waals surface area (Å²) in [6.07, 6.45) is 1.60. The van der Waals surface area contributed by atoms with E-state index in [4.69, 9.17) is 14.7 Å². The third-order valence-electron chi connectivity index (χ3n) is 4.14. The van der Waals surface area contributed by atoms with E-state index in [1.54, 1.807) is 6.07 Å². The monoisotopic (exact) mass is 331 g/mol. The SMILES string of the molecule is CCCOc1nc2nc(CC)n3c4ccccc4nc3c2cc1C#N. The zero-order valence-corrected chi connectivity index (χ0v) is 14.2. The predicted octanol–water partition coefficient (Wildman–Crippen LogP) is 3.65. The highest BCUT2D eigenvalue weighted by Gasteiger charge is 2.17. The summed E-state index contributed by atoms with van der Waals surface area (Å²) in [6.45, 7) is 4.59. The molecule has 0 bridgehead atoms. The van der Waals surface area contributed by atoms with Crippen molar-refractivity contribution in [1.29, 1.82) is 5.26 Å². The Morgan fingerprint density at radius 2 is 2.00 bits per heavy atom. The number of para-hydroxylation sites is 2. The van der Waals surface area contributed by atoms with Gasteiger partial charge in [-0.25, -0.2) is 9.97 Å². The smallest absolute Gasteiger partial charge is 0.233 e. The van der Waals surface area contributed by atoms with Gasteiger partial charge in [0.15, 0.2) is 11.3 Å². The zero-order chi connectivity index (χ0) is 17.4. The second kappa shape index (κ2) is 6.02. The molecule has 25 heavy (non-hydrogen) atoms. The van der Waals surface area contributed by atoms with Gasteiger partial charge in [-0.2, -0.15) is 10.2 Å². The van der Waals surface area contributed by atoms with E-state index in [0.717, 1.165) is 40.7 Å². The van der Waals surface area contributed by atoms with E-state index in [0.29, 0.717) is 23.7 Å². The molecule has 6 heteroatoms. The number of benzene rings is 1. The quantitative estimate of drug-likeness (QED) is 0.570. The molecule has 0 aliphatic rings. The van der Waals surface area contributed by atoms with Crippen LogP contribution in [0.3, 0.4) is 0 Å².